The molecule has 0 saturated heterocycles. The van der Waals surface area contributed by atoms with Gasteiger partial charge in [0.2, 0.25) is 17.2 Å². The number of hydrogen-bond donors (Lipinski definition) is 2. The van der Waals surface area contributed by atoms with Crippen LogP contribution in [0.15, 0.2) is 57.5 Å². The number of nitrogens with zero attached hydrogens (tertiary/aromatic N) is 3. The summed E-state index contributed by atoms with van der Waals surface area (Å²) in [4.78, 5) is 12.5. The highest BCUT2D eigenvalue weighted by atomic mass is 79.9. The van der Waals surface area contributed by atoms with Gasteiger partial charge in [0.1, 0.15) is 0 Å². The van der Waals surface area contributed by atoms with Gasteiger partial charge in [-0.2, -0.15) is 15.0 Å². The van der Waals surface area contributed by atoms with Crippen molar-refractivity contribution in [2.75, 3.05) is 10.6 Å². The third kappa shape index (κ3) is 4.63. The minimum Gasteiger partial charge on any atom is -0.324 e. The van der Waals surface area contributed by atoms with Gasteiger partial charge < -0.3 is 10.6 Å². The van der Waals surface area contributed by atoms with Crippen LogP contribution < -0.4 is 10.6 Å². The minimum atomic E-state index is 0.106. The highest BCUT2D eigenvalue weighted by molar-refractivity contribution is 9.10. The summed E-state index contributed by atoms with van der Waals surface area (Å²) in [7, 11) is 0. The monoisotopic (exact) mass is 453 g/mol. The van der Waals surface area contributed by atoms with E-state index < -0.39 is 0 Å². The van der Waals surface area contributed by atoms with E-state index in [0.29, 0.717) is 11.9 Å². The van der Waals surface area contributed by atoms with E-state index in [1.807, 2.05) is 48.5 Å². The summed E-state index contributed by atoms with van der Waals surface area (Å²) in [6.07, 6.45) is 0. The van der Waals surface area contributed by atoms with Gasteiger partial charge in [0.15, 0.2) is 0 Å². The predicted molar refractivity (Wildman–Crippen MR) is 99.7 cm³/mol. The summed E-state index contributed by atoms with van der Waals surface area (Å²) in [6, 6.07) is 15.3. The Balaban J connectivity index is 1.84. The molecule has 0 fully saturated rings. The van der Waals surface area contributed by atoms with Crippen molar-refractivity contribution in [2.24, 2.45) is 0 Å². The number of benzene rings is 2. The van der Waals surface area contributed by atoms with E-state index in [1.54, 1.807) is 0 Å². The first-order chi connectivity index (χ1) is 11.1. The maximum Gasteiger partial charge on any atom is 0.233 e. The standard InChI is InChI=1S/C15H10Br2ClN5/c16-9-3-1-5-11(7-9)19-14-21-13(18)22-15(23-14)20-12-6-2-4-10(17)8-12/h1-8H,(H2,19,20,21,22,23). The molecular formula is C15H10Br2ClN5. The molecule has 5 nitrogen and oxygen atoms in total. The van der Waals surface area contributed by atoms with Gasteiger partial charge in [-0.25, -0.2) is 0 Å². The van der Waals surface area contributed by atoms with Crippen molar-refractivity contribution < 1.29 is 0 Å². The van der Waals surface area contributed by atoms with Crippen molar-refractivity contribution in [3.63, 3.8) is 0 Å². The molecule has 23 heavy (non-hydrogen) atoms. The zero-order valence-electron chi connectivity index (χ0n) is 11.6. The van der Waals surface area contributed by atoms with Crippen LogP contribution in [0.2, 0.25) is 5.28 Å². The van der Waals surface area contributed by atoms with Crippen LogP contribution in [-0.2, 0) is 0 Å². The maximum absolute atomic E-state index is 5.98. The van der Waals surface area contributed by atoms with E-state index in [0.717, 1.165) is 20.3 Å². The summed E-state index contributed by atoms with van der Waals surface area (Å²) >= 11 is 12.8. The molecule has 3 rings (SSSR count). The molecule has 3 aromatic rings. The molecule has 1 aromatic heterocycles. The molecule has 0 aliphatic heterocycles. The first-order valence-corrected chi connectivity index (χ1v) is 8.52. The first kappa shape index (κ1) is 16.2. The molecule has 0 saturated carbocycles. The number of anilines is 4. The van der Waals surface area contributed by atoms with Gasteiger partial charge in [-0.3, -0.25) is 0 Å². The fourth-order valence-electron chi connectivity index (χ4n) is 1.85. The van der Waals surface area contributed by atoms with Crippen molar-refractivity contribution in [1.29, 1.82) is 0 Å². The van der Waals surface area contributed by atoms with Gasteiger partial charge in [0, 0.05) is 20.3 Å². The number of nitrogens with one attached hydrogen (secondary N) is 2. The smallest absolute Gasteiger partial charge is 0.233 e. The second kappa shape index (κ2) is 7.25. The average molecular weight is 456 g/mol. The summed E-state index contributed by atoms with van der Waals surface area (Å²) in [5.74, 6) is 0.723. The zero-order valence-corrected chi connectivity index (χ0v) is 15.5. The quantitative estimate of drug-likeness (QED) is 0.541. The van der Waals surface area contributed by atoms with Gasteiger partial charge in [-0.05, 0) is 48.0 Å². The fourth-order valence-corrected chi connectivity index (χ4v) is 2.81. The molecule has 8 heteroatoms. The number of aromatic nitrogens is 3. The lowest BCUT2D eigenvalue weighted by Crippen LogP contribution is -2.04. The van der Waals surface area contributed by atoms with Gasteiger partial charge in [0.25, 0.3) is 0 Å². The van der Waals surface area contributed by atoms with Crippen LogP contribution in [0.3, 0.4) is 0 Å². The second-order valence-corrected chi connectivity index (χ2v) is 6.69. The van der Waals surface area contributed by atoms with Crippen LogP contribution in [0.4, 0.5) is 23.3 Å². The lowest BCUT2D eigenvalue weighted by molar-refractivity contribution is 1.06. The van der Waals surface area contributed by atoms with Crippen LogP contribution in [0.1, 0.15) is 0 Å². The van der Waals surface area contributed by atoms with Crippen LogP contribution in [0.5, 0.6) is 0 Å². The normalized spacial score (nSPS) is 10.4. The topological polar surface area (TPSA) is 62.7 Å². The molecule has 116 valence electrons. The summed E-state index contributed by atoms with van der Waals surface area (Å²) in [6.45, 7) is 0. The van der Waals surface area contributed by atoms with E-state index in [1.165, 1.54) is 0 Å². The largest absolute Gasteiger partial charge is 0.324 e. The minimum absolute atomic E-state index is 0.106. The van der Waals surface area contributed by atoms with Crippen LogP contribution in [0.25, 0.3) is 0 Å². The third-order valence-corrected chi connectivity index (χ3v) is 3.93. The molecule has 2 aromatic carbocycles. The van der Waals surface area contributed by atoms with Crippen molar-refractivity contribution in [3.05, 3.63) is 62.8 Å². The lowest BCUT2D eigenvalue weighted by Gasteiger charge is -2.09. The summed E-state index contributed by atoms with van der Waals surface area (Å²) in [5, 5.41) is 6.30. The van der Waals surface area contributed by atoms with Crippen LogP contribution >= 0.6 is 43.5 Å². The third-order valence-electron chi connectivity index (χ3n) is 2.77. The first-order valence-electron chi connectivity index (χ1n) is 6.55. The molecule has 0 bridgehead atoms. The Morgan fingerprint density at radius 2 is 1.22 bits per heavy atom. The van der Waals surface area contributed by atoms with Crippen molar-refractivity contribution in [2.45, 2.75) is 0 Å². The lowest BCUT2D eigenvalue weighted by atomic mass is 10.3. The summed E-state index contributed by atoms with van der Waals surface area (Å²) in [5.41, 5.74) is 1.69. The molecule has 0 atom stereocenters. The Hall–Kier alpha value is -1.70. The Morgan fingerprint density at radius 3 is 1.65 bits per heavy atom. The average Bonchev–Trinajstić information content (AvgIpc) is 2.46. The zero-order chi connectivity index (χ0) is 16.2. The Labute approximate surface area is 154 Å². The van der Waals surface area contributed by atoms with Crippen molar-refractivity contribution in [3.8, 4) is 0 Å². The van der Waals surface area contributed by atoms with Gasteiger partial charge in [-0.15, -0.1) is 0 Å². The molecular weight excluding hydrogens is 445 g/mol. The molecule has 0 aliphatic carbocycles. The number of halogens is 3. The van der Waals surface area contributed by atoms with E-state index in [4.69, 9.17) is 11.6 Å². The molecule has 0 radical (unpaired) electrons. The highest BCUT2D eigenvalue weighted by Crippen LogP contribution is 2.22. The number of rotatable bonds is 4. The van der Waals surface area contributed by atoms with E-state index >= 15 is 0 Å². The Morgan fingerprint density at radius 1 is 0.739 bits per heavy atom. The maximum atomic E-state index is 5.98. The van der Waals surface area contributed by atoms with Gasteiger partial charge in [0.05, 0.1) is 0 Å². The predicted octanol–water partition coefficient (Wildman–Crippen LogP) is 5.54. The highest BCUT2D eigenvalue weighted by Gasteiger charge is 2.06. The molecule has 0 amide bonds. The van der Waals surface area contributed by atoms with E-state index in [9.17, 15) is 0 Å². The molecule has 2 N–H and O–H groups in total. The van der Waals surface area contributed by atoms with Crippen LogP contribution in [-0.4, -0.2) is 15.0 Å². The Kier molecular flexibility index (Phi) is 5.09. The summed E-state index contributed by atoms with van der Waals surface area (Å²) < 4.78 is 1.91. The SMILES string of the molecule is Clc1nc(Nc2cccc(Br)c2)nc(Nc2cccc(Br)c2)n1. The second-order valence-electron chi connectivity index (χ2n) is 4.52. The van der Waals surface area contributed by atoms with E-state index in [2.05, 4.69) is 57.4 Å². The van der Waals surface area contributed by atoms with E-state index in [-0.39, 0.29) is 5.28 Å². The van der Waals surface area contributed by atoms with Crippen molar-refractivity contribution >= 4 is 66.7 Å². The van der Waals surface area contributed by atoms with Crippen molar-refractivity contribution in [1.82, 2.24) is 15.0 Å². The number of hydrogen-bond acceptors (Lipinski definition) is 5. The fraction of sp³-hybridized carbons (Fsp3) is 0. The van der Waals surface area contributed by atoms with Gasteiger partial charge in [-0.1, -0.05) is 44.0 Å². The Bertz CT molecular complexity index is 778. The molecule has 0 unspecified atom stereocenters. The van der Waals surface area contributed by atoms with Crippen LogP contribution in [0, 0.1) is 0 Å². The molecule has 0 spiro atoms. The molecule has 1 heterocycles. The molecule has 0 aliphatic rings. The van der Waals surface area contributed by atoms with Gasteiger partial charge >= 0.3 is 0 Å².